The van der Waals surface area contributed by atoms with Crippen LogP contribution in [0.4, 0.5) is 5.82 Å². The molecule has 1 saturated carbocycles. The highest BCUT2D eigenvalue weighted by atomic mass is 79.9. The SMILES string of the molecule is OC1CCC(N2CC[C@]3(CCCN(c4ncc(Br)cc4Cl)C3)C2)CC1. The molecule has 2 aliphatic heterocycles. The molecule has 0 bridgehead atoms. The molecule has 0 radical (unpaired) electrons. The lowest BCUT2D eigenvalue weighted by Crippen LogP contribution is -2.46. The number of hydrogen-bond donors (Lipinski definition) is 1. The highest BCUT2D eigenvalue weighted by Crippen LogP contribution is 2.43. The topological polar surface area (TPSA) is 39.6 Å². The van der Waals surface area contributed by atoms with Crippen LogP contribution >= 0.6 is 27.5 Å². The number of aromatic nitrogens is 1. The molecule has 25 heavy (non-hydrogen) atoms. The van der Waals surface area contributed by atoms with Crippen LogP contribution in [-0.2, 0) is 0 Å². The predicted molar refractivity (Wildman–Crippen MR) is 105 cm³/mol. The summed E-state index contributed by atoms with van der Waals surface area (Å²) < 4.78 is 0.930. The van der Waals surface area contributed by atoms with Crippen molar-refractivity contribution in [2.24, 2.45) is 5.41 Å². The molecule has 3 heterocycles. The highest BCUT2D eigenvalue weighted by Gasteiger charge is 2.44. The van der Waals surface area contributed by atoms with Crippen molar-refractivity contribution in [2.45, 2.75) is 57.1 Å². The summed E-state index contributed by atoms with van der Waals surface area (Å²) in [5.41, 5.74) is 0.381. The number of pyridine rings is 1. The quantitative estimate of drug-likeness (QED) is 0.770. The molecule has 1 N–H and O–H groups in total. The Balaban J connectivity index is 1.44. The van der Waals surface area contributed by atoms with Gasteiger partial charge in [0.2, 0.25) is 0 Å². The largest absolute Gasteiger partial charge is 0.393 e. The van der Waals surface area contributed by atoms with E-state index in [-0.39, 0.29) is 6.10 Å². The van der Waals surface area contributed by atoms with Gasteiger partial charge in [-0.25, -0.2) is 4.98 Å². The second-order valence-corrected chi connectivity index (χ2v) is 9.49. The van der Waals surface area contributed by atoms with Gasteiger partial charge in [0.25, 0.3) is 0 Å². The van der Waals surface area contributed by atoms with Crippen LogP contribution in [-0.4, -0.2) is 53.3 Å². The third kappa shape index (κ3) is 3.85. The zero-order valence-corrected chi connectivity index (χ0v) is 17.0. The van der Waals surface area contributed by atoms with E-state index in [0.29, 0.717) is 11.5 Å². The van der Waals surface area contributed by atoms with Gasteiger partial charge < -0.3 is 10.0 Å². The van der Waals surface area contributed by atoms with Crippen molar-refractivity contribution < 1.29 is 5.11 Å². The Morgan fingerprint density at radius 1 is 1.16 bits per heavy atom. The van der Waals surface area contributed by atoms with Crippen molar-refractivity contribution >= 4 is 33.3 Å². The van der Waals surface area contributed by atoms with Gasteiger partial charge in [0.05, 0.1) is 11.1 Å². The molecule has 138 valence electrons. The Kier molecular flexibility index (Phi) is 5.29. The van der Waals surface area contributed by atoms with E-state index >= 15 is 0 Å². The average molecular weight is 429 g/mol. The molecular formula is C19H27BrClN3O. The molecular weight excluding hydrogens is 402 g/mol. The second-order valence-electron chi connectivity index (χ2n) is 8.17. The van der Waals surface area contributed by atoms with Gasteiger partial charge in [0.15, 0.2) is 0 Å². The average Bonchev–Trinajstić information content (AvgIpc) is 2.99. The Hall–Kier alpha value is -0.360. The molecule has 4 nitrogen and oxygen atoms in total. The van der Waals surface area contributed by atoms with Crippen molar-refractivity contribution in [3.8, 4) is 0 Å². The van der Waals surface area contributed by atoms with E-state index in [2.05, 4.69) is 30.7 Å². The Morgan fingerprint density at radius 2 is 1.96 bits per heavy atom. The van der Waals surface area contributed by atoms with Gasteiger partial charge in [-0.2, -0.15) is 0 Å². The maximum atomic E-state index is 9.77. The lowest BCUT2D eigenvalue weighted by molar-refractivity contribution is 0.0770. The molecule has 1 spiro atoms. The lowest BCUT2D eigenvalue weighted by atomic mass is 9.79. The predicted octanol–water partition coefficient (Wildman–Crippen LogP) is 4.09. The molecule has 2 saturated heterocycles. The summed E-state index contributed by atoms with van der Waals surface area (Å²) in [6.45, 7) is 4.51. The Labute approximate surface area is 163 Å². The first-order valence-corrected chi connectivity index (χ1v) is 10.7. The number of likely N-dealkylation sites (tertiary alicyclic amines) is 1. The van der Waals surface area contributed by atoms with E-state index in [1.165, 1.54) is 32.4 Å². The van der Waals surface area contributed by atoms with E-state index < -0.39 is 0 Å². The summed E-state index contributed by atoms with van der Waals surface area (Å²) in [6.07, 6.45) is 9.82. The first kappa shape index (κ1) is 18.0. The first-order valence-electron chi connectivity index (χ1n) is 9.53. The zero-order chi connectivity index (χ0) is 17.4. The molecule has 0 amide bonds. The highest BCUT2D eigenvalue weighted by molar-refractivity contribution is 9.10. The number of anilines is 1. The fourth-order valence-electron chi connectivity index (χ4n) is 5.07. The summed E-state index contributed by atoms with van der Waals surface area (Å²) in [7, 11) is 0. The molecule has 4 rings (SSSR count). The molecule has 1 aliphatic carbocycles. The van der Waals surface area contributed by atoms with Gasteiger partial charge in [-0.15, -0.1) is 0 Å². The van der Waals surface area contributed by atoms with E-state index in [4.69, 9.17) is 11.6 Å². The maximum absolute atomic E-state index is 9.77. The van der Waals surface area contributed by atoms with Crippen molar-refractivity contribution in [3.63, 3.8) is 0 Å². The zero-order valence-electron chi connectivity index (χ0n) is 14.6. The van der Waals surface area contributed by atoms with Crippen molar-refractivity contribution in [1.82, 2.24) is 9.88 Å². The van der Waals surface area contributed by atoms with Crippen LogP contribution in [0.5, 0.6) is 0 Å². The van der Waals surface area contributed by atoms with E-state index in [0.717, 1.165) is 54.1 Å². The fourth-order valence-corrected chi connectivity index (χ4v) is 5.82. The summed E-state index contributed by atoms with van der Waals surface area (Å²) in [5.74, 6) is 0.934. The molecule has 0 unspecified atom stereocenters. The number of aliphatic hydroxyl groups is 1. The number of piperidine rings is 1. The Bertz CT molecular complexity index is 623. The lowest BCUT2D eigenvalue weighted by Gasteiger charge is -2.42. The minimum atomic E-state index is -0.0661. The van der Waals surface area contributed by atoms with Crippen LogP contribution in [0.25, 0.3) is 0 Å². The minimum absolute atomic E-state index is 0.0661. The molecule has 1 aromatic heterocycles. The van der Waals surface area contributed by atoms with Crippen LogP contribution in [0.3, 0.4) is 0 Å². The van der Waals surface area contributed by atoms with E-state index in [1.807, 2.05) is 12.3 Å². The first-order chi connectivity index (χ1) is 12.0. The molecule has 6 heteroatoms. The van der Waals surface area contributed by atoms with Crippen molar-refractivity contribution in [2.75, 3.05) is 31.1 Å². The smallest absolute Gasteiger partial charge is 0.147 e. The van der Waals surface area contributed by atoms with Gasteiger partial charge in [-0.1, -0.05) is 11.6 Å². The summed E-state index contributed by atoms with van der Waals surface area (Å²) in [6, 6.07) is 2.62. The van der Waals surface area contributed by atoms with E-state index in [1.54, 1.807) is 0 Å². The van der Waals surface area contributed by atoms with Gasteiger partial charge in [0.1, 0.15) is 5.82 Å². The maximum Gasteiger partial charge on any atom is 0.147 e. The number of hydrogen-bond acceptors (Lipinski definition) is 4. The molecule has 3 fully saturated rings. The van der Waals surface area contributed by atoms with Crippen LogP contribution < -0.4 is 4.90 Å². The molecule has 1 atom stereocenters. The monoisotopic (exact) mass is 427 g/mol. The van der Waals surface area contributed by atoms with Crippen molar-refractivity contribution in [1.29, 1.82) is 0 Å². The van der Waals surface area contributed by atoms with Crippen molar-refractivity contribution in [3.05, 3.63) is 21.8 Å². The van der Waals surface area contributed by atoms with Crippen LogP contribution in [0.15, 0.2) is 16.7 Å². The third-order valence-corrected chi connectivity index (χ3v) is 7.11. The number of aliphatic hydroxyl groups excluding tert-OH is 1. The summed E-state index contributed by atoms with van der Waals surface area (Å²) in [5, 5.41) is 10.5. The van der Waals surface area contributed by atoms with Gasteiger partial charge >= 0.3 is 0 Å². The fraction of sp³-hybridized carbons (Fsp3) is 0.737. The van der Waals surface area contributed by atoms with E-state index in [9.17, 15) is 5.11 Å². The molecule has 1 aromatic rings. The van der Waals surface area contributed by atoms with Gasteiger partial charge in [-0.3, -0.25) is 4.90 Å². The number of nitrogens with zero attached hydrogens (tertiary/aromatic N) is 3. The third-order valence-electron chi connectivity index (χ3n) is 6.40. The standard InChI is InChI=1S/C19H27BrClN3O/c20-14-10-17(21)18(22-11-14)24-8-1-6-19(13-24)7-9-23(12-19)15-2-4-16(25)5-3-15/h10-11,15-16,25H,1-9,12-13H2/t15?,16?,19-/m1/s1. The molecule has 3 aliphatic rings. The second kappa shape index (κ2) is 7.34. The summed E-state index contributed by atoms with van der Waals surface area (Å²) >= 11 is 9.90. The van der Waals surface area contributed by atoms with Crippen LogP contribution in [0.1, 0.15) is 44.9 Å². The minimum Gasteiger partial charge on any atom is -0.393 e. The van der Waals surface area contributed by atoms with Crippen LogP contribution in [0.2, 0.25) is 5.02 Å². The van der Waals surface area contributed by atoms with Gasteiger partial charge in [0, 0.05) is 41.8 Å². The van der Waals surface area contributed by atoms with Crippen LogP contribution in [0, 0.1) is 5.41 Å². The number of rotatable bonds is 2. The normalized spacial score (nSPS) is 34.0. The number of halogens is 2. The summed E-state index contributed by atoms with van der Waals surface area (Å²) in [4.78, 5) is 9.67. The van der Waals surface area contributed by atoms with Gasteiger partial charge in [-0.05, 0) is 73.5 Å². The molecule has 0 aromatic carbocycles. The Morgan fingerprint density at radius 3 is 2.72 bits per heavy atom.